The monoisotopic (exact) mass is 266 g/mol. The molecule has 4 heteroatoms. The Balaban J connectivity index is 2.14. The van der Waals surface area contributed by atoms with Crippen LogP contribution in [0.15, 0.2) is 43.0 Å². The summed E-state index contributed by atoms with van der Waals surface area (Å²) in [6.07, 6.45) is 7.39. The van der Waals surface area contributed by atoms with Crippen LogP contribution in [0.2, 0.25) is 0 Å². The van der Waals surface area contributed by atoms with E-state index in [0.717, 1.165) is 11.1 Å². The molecule has 0 amide bonds. The van der Waals surface area contributed by atoms with Gasteiger partial charge < -0.3 is 5.32 Å². The average Bonchev–Trinajstić information content (AvgIpc) is 2.86. The number of nitrogens with zero attached hydrogens (tertiary/aromatic N) is 3. The summed E-state index contributed by atoms with van der Waals surface area (Å²) in [6.45, 7) is 4.26. The molecule has 2 heterocycles. The second-order valence-corrected chi connectivity index (χ2v) is 5.09. The highest BCUT2D eigenvalue weighted by Gasteiger charge is 2.18. The topological polar surface area (TPSA) is 42.2 Å². The van der Waals surface area contributed by atoms with Gasteiger partial charge in [0.05, 0.1) is 24.0 Å². The van der Waals surface area contributed by atoms with Crippen LogP contribution in [0.4, 0.5) is 0 Å². The first-order valence-corrected chi connectivity index (χ1v) is 6.72. The van der Waals surface area contributed by atoms with Crippen LogP contribution in [0.25, 0.3) is 5.52 Å². The summed E-state index contributed by atoms with van der Waals surface area (Å²) in [7, 11) is 1.98. The lowest BCUT2D eigenvalue weighted by atomic mass is 9.95. The quantitative estimate of drug-likeness (QED) is 0.792. The van der Waals surface area contributed by atoms with Gasteiger partial charge >= 0.3 is 0 Å². The summed E-state index contributed by atoms with van der Waals surface area (Å²) in [5.74, 6) is 0. The van der Waals surface area contributed by atoms with E-state index in [1.165, 1.54) is 16.7 Å². The van der Waals surface area contributed by atoms with Crippen LogP contribution < -0.4 is 5.32 Å². The van der Waals surface area contributed by atoms with Gasteiger partial charge in [0.2, 0.25) is 0 Å². The molecule has 0 fully saturated rings. The first-order valence-electron chi connectivity index (χ1n) is 6.72. The SMILES string of the molecule is CNC(c1ccc(C)cc1C)c1cnn2ccncc12. The molecule has 0 aliphatic rings. The van der Waals surface area contributed by atoms with Crippen LogP contribution in [0.1, 0.15) is 28.3 Å². The lowest BCUT2D eigenvalue weighted by Gasteiger charge is -2.18. The van der Waals surface area contributed by atoms with Gasteiger partial charge in [0.25, 0.3) is 0 Å². The molecule has 0 radical (unpaired) electrons. The van der Waals surface area contributed by atoms with Gasteiger partial charge in [0.1, 0.15) is 0 Å². The minimum Gasteiger partial charge on any atom is -0.309 e. The van der Waals surface area contributed by atoms with Crippen LogP contribution in [0.5, 0.6) is 0 Å². The molecule has 0 spiro atoms. The van der Waals surface area contributed by atoms with Crippen LogP contribution in [-0.4, -0.2) is 21.6 Å². The third-order valence-electron chi connectivity index (χ3n) is 3.69. The molecular formula is C16H18N4. The minimum atomic E-state index is 0.122. The normalized spacial score (nSPS) is 12.8. The molecule has 0 aliphatic heterocycles. The molecule has 1 N–H and O–H groups in total. The highest BCUT2D eigenvalue weighted by Crippen LogP contribution is 2.27. The van der Waals surface area contributed by atoms with Crippen molar-refractivity contribution >= 4 is 5.52 Å². The van der Waals surface area contributed by atoms with Gasteiger partial charge in [-0.15, -0.1) is 0 Å². The molecule has 0 bridgehead atoms. The molecule has 102 valence electrons. The van der Waals surface area contributed by atoms with E-state index in [1.807, 2.05) is 30.2 Å². The molecule has 4 nitrogen and oxygen atoms in total. The van der Waals surface area contributed by atoms with Gasteiger partial charge in [-0.25, -0.2) is 4.52 Å². The molecule has 1 atom stereocenters. The average molecular weight is 266 g/mol. The molecule has 0 aliphatic carbocycles. The molecule has 2 aromatic heterocycles. The number of hydrogen-bond donors (Lipinski definition) is 1. The number of fused-ring (bicyclic) bond motifs is 1. The van der Waals surface area contributed by atoms with Crippen molar-refractivity contribution in [3.05, 3.63) is 65.2 Å². The van der Waals surface area contributed by atoms with Crippen molar-refractivity contribution in [2.75, 3.05) is 7.05 Å². The summed E-state index contributed by atoms with van der Waals surface area (Å²) in [4.78, 5) is 4.20. The molecular weight excluding hydrogens is 248 g/mol. The van der Waals surface area contributed by atoms with Crippen LogP contribution in [0.3, 0.4) is 0 Å². The first kappa shape index (κ1) is 12.8. The maximum absolute atomic E-state index is 4.40. The van der Waals surface area contributed by atoms with Crippen molar-refractivity contribution < 1.29 is 0 Å². The Morgan fingerprint density at radius 1 is 1.15 bits per heavy atom. The molecule has 1 aromatic carbocycles. The molecule has 3 aromatic rings. The fourth-order valence-corrected chi connectivity index (χ4v) is 2.70. The summed E-state index contributed by atoms with van der Waals surface area (Å²) >= 11 is 0. The van der Waals surface area contributed by atoms with Crippen molar-refractivity contribution in [1.82, 2.24) is 19.9 Å². The van der Waals surface area contributed by atoms with Gasteiger partial charge in [-0.05, 0) is 32.0 Å². The zero-order valence-corrected chi connectivity index (χ0v) is 12.0. The number of aromatic nitrogens is 3. The molecule has 3 rings (SSSR count). The number of rotatable bonds is 3. The van der Waals surface area contributed by atoms with Gasteiger partial charge in [-0.1, -0.05) is 23.8 Å². The van der Waals surface area contributed by atoms with Crippen LogP contribution in [-0.2, 0) is 0 Å². The van der Waals surface area contributed by atoms with Crippen molar-refractivity contribution in [2.45, 2.75) is 19.9 Å². The Morgan fingerprint density at radius 2 is 2.00 bits per heavy atom. The van der Waals surface area contributed by atoms with E-state index < -0.39 is 0 Å². The Kier molecular flexibility index (Phi) is 3.24. The fourth-order valence-electron chi connectivity index (χ4n) is 2.70. The standard InChI is InChI=1S/C16H18N4/c1-11-4-5-13(12(2)8-11)16(17-3)14-9-19-20-7-6-18-10-15(14)20/h4-10,16-17H,1-3H3. The highest BCUT2D eigenvalue weighted by molar-refractivity contribution is 5.56. The summed E-state index contributed by atoms with van der Waals surface area (Å²) in [5, 5.41) is 7.79. The van der Waals surface area contributed by atoms with Crippen molar-refractivity contribution in [2.24, 2.45) is 0 Å². The first-order chi connectivity index (χ1) is 9.70. The number of benzene rings is 1. The third-order valence-corrected chi connectivity index (χ3v) is 3.69. The van der Waals surface area contributed by atoms with Crippen LogP contribution >= 0.6 is 0 Å². The van der Waals surface area contributed by atoms with E-state index in [9.17, 15) is 0 Å². The smallest absolute Gasteiger partial charge is 0.0896 e. The summed E-state index contributed by atoms with van der Waals surface area (Å²) < 4.78 is 1.86. The van der Waals surface area contributed by atoms with Gasteiger partial charge in [-0.3, -0.25) is 4.98 Å². The lowest BCUT2D eigenvalue weighted by Crippen LogP contribution is -2.18. The van der Waals surface area contributed by atoms with Gasteiger partial charge in [0, 0.05) is 18.0 Å². The minimum absolute atomic E-state index is 0.122. The predicted octanol–water partition coefficient (Wildman–Crippen LogP) is 2.65. The van der Waals surface area contributed by atoms with E-state index in [0.29, 0.717) is 0 Å². The van der Waals surface area contributed by atoms with E-state index in [2.05, 4.69) is 47.4 Å². The largest absolute Gasteiger partial charge is 0.309 e. The van der Waals surface area contributed by atoms with E-state index in [-0.39, 0.29) is 6.04 Å². The predicted molar refractivity (Wildman–Crippen MR) is 79.8 cm³/mol. The zero-order valence-electron chi connectivity index (χ0n) is 12.0. The number of aryl methyl sites for hydroxylation is 2. The van der Waals surface area contributed by atoms with Crippen molar-refractivity contribution in [3.8, 4) is 0 Å². The summed E-state index contributed by atoms with van der Waals surface area (Å²) in [6, 6.07) is 6.67. The maximum atomic E-state index is 4.40. The van der Waals surface area contributed by atoms with E-state index in [1.54, 1.807) is 6.20 Å². The number of nitrogens with one attached hydrogen (secondary N) is 1. The summed E-state index contributed by atoms with van der Waals surface area (Å²) in [5.41, 5.74) is 6.02. The Bertz CT molecular complexity index is 745. The van der Waals surface area contributed by atoms with Gasteiger partial charge in [-0.2, -0.15) is 5.10 Å². The fraction of sp³-hybridized carbons (Fsp3) is 0.250. The zero-order chi connectivity index (χ0) is 14.1. The second kappa shape index (κ2) is 5.06. The number of hydrogen-bond acceptors (Lipinski definition) is 3. The van der Waals surface area contributed by atoms with E-state index >= 15 is 0 Å². The van der Waals surface area contributed by atoms with Crippen molar-refractivity contribution in [3.63, 3.8) is 0 Å². The maximum Gasteiger partial charge on any atom is 0.0896 e. The highest BCUT2D eigenvalue weighted by atomic mass is 15.2. The third kappa shape index (κ3) is 2.08. The van der Waals surface area contributed by atoms with E-state index in [4.69, 9.17) is 0 Å². The Labute approximate surface area is 118 Å². The molecule has 1 unspecified atom stereocenters. The Hall–Kier alpha value is -2.20. The molecule has 0 saturated heterocycles. The second-order valence-electron chi connectivity index (χ2n) is 5.09. The molecule has 20 heavy (non-hydrogen) atoms. The van der Waals surface area contributed by atoms with Gasteiger partial charge in [0.15, 0.2) is 0 Å². The molecule has 0 saturated carbocycles. The Morgan fingerprint density at radius 3 is 2.75 bits per heavy atom. The lowest BCUT2D eigenvalue weighted by molar-refractivity contribution is 0.692. The van der Waals surface area contributed by atoms with Crippen molar-refractivity contribution in [1.29, 1.82) is 0 Å². The van der Waals surface area contributed by atoms with Crippen LogP contribution in [0, 0.1) is 13.8 Å².